The molecule has 0 saturated heterocycles. The maximum atomic E-state index is 11.3. The lowest BCUT2D eigenvalue weighted by Gasteiger charge is -2.32. The first-order chi connectivity index (χ1) is 6.68. The Balaban J connectivity index is 2.27. The van der Waals surface area contributed by atoms with Gasteiger partial charge in [-0.25, -0.2) is 0 Å². The molecule has 1 aliphatic heterocycles. The minimum Gasteiger partial charge on any atom is -0.380 e. The Hall–Kier alpha value is -0.960. The maximum Gasteiger partial charge on any atom is 0.167 e. The molecule has 2 unspecified atom stereocenters. The van der Waals surface area contributed by atoms with E-state index in [1.807, 2.05) is 19.1 Å². The van der Waals surface area contributed by atoms with Crippen molar-refractivity contribution in [3.05, 3.63) is 34.9 Å². The molecule has 0 amide bonds. The summed E-state index contributed by atoms with van der Waals surface area (Å²) in [6, 6.07) is 0.341. The lowest BCUT2D eigenvalue weighted by Crippen LogP contribution is -2.39. The second-order valence-corrected chi connectivity index (χ2v) is 4.72. The number of nitrogens with one attached hydrogen (secondary N) is 1. The Kier molecular flexibility index (Phi) is 2.50. The van der Waals surface area contributed by atoms with Crippen LogP contribution in [-0.4, -0.2) is 17.1 Å². The molecule has 1 aliphatic carbocycles. The Morgan fingerprint density at radius 1 is 1.43 bits per heavy atom. The van der Waals surface area contributed by atoms with Crippen LogP contribution in [0, 0.1) is 0 Å². The Labute approximate surface area is 88.1 Å². The van der Waals surface area contributed by atoms with Gasteiger partial charge in [-0.15, -0.1) is 11.8 Å². The molecule has 74 valence electrons. The third-order valence-corrected chi connectivity index (χ3v) is 3.93. The molecule has 0 aromatic carbocycles. The molecule has 14 heavy (non-hydrogen) atoms. The SMILES string of the molecule is CC(=O)C1=C(C)NC2C=CC=CC2S1. The fourth-order valence-corrected chi connectivity index (χ4v) is 2.87. The van der Waals surface area contributed by atoms with E-state index in [0.717, 1.165) is 10.6 Å². The van der Waals surface area contributed by atoms with Crippen LogP contribution in [0.4, 0.5) is 0 Å². The van der Waals surface area contributed by atoms with Crippen LogP contribution in [-0.2, 0) is 4.79 Å². The lowest BCUT2D eigenvalue weighted by molar-refractivity contribution is -0.113. The Morgan fingerprint density at radius 3 is 2.86 bits per heavy atom. The number of ketones is 1. The van der Waals surface area contributed by atoms with E-state index >= 15 is 0 Å². The van der Waals surface area contributed by atoms with Crippen molar-refractivity contribution in [2.24, 2.45) is 0 Å². The van der Waals surface area contributed by atoms with E-state index in [-0.39, 0.29) is 5.78 Å². The second kappa shape index (κ2) is 3.65. The average Bonchev–Trinajstić information content (AvgIpc) is 2.16. The first-order valence-corrected chi connectivity index (χ1v) is 5.56. The number of carbonyl (C=O) groups is 1. The molecule has 2 atom stereocenters. The largest absolute Gasteiger partial charge is 0.380 e. The molecular formula is C11H13NOS. The van der Waals surface area contributed by atoms with Gasteiger partial charge >= 0.3 is 0 Å². The summed E-state index contributed by atoms with van der Waals surface area (Å²) in [5, 5.41) is 3.71. The average molecular weight is 207 g/mol. The standard InChI is InChI=1S/C11H13NOS/c1-7-11(8(2)13)14-10-6-4-3-5-9(10)12-7/h3-6,9-10,12H,1-2H3. The van der Waals surface area contributed by atoms with Crippen molar-refractivity contribution in [3.63, 3.8) is 0 Å². The smallest absolute Gasteiger partial charge is 0.167 e. The van der Waals surface area contributed by atoms with Gasteiger partial charge in [0.05, 0.1) is 16.2 Å². The van der Waals surface area contributed by atoms with Crippen molar-refractivity contribution in [2.45, 2.75) is 25.1 Å². The molecule has 1 heterocycles. The first-order valence-electron chi connectivity index (χ1n) is 4.68. The second-order valence-electron chi connectivity index (χ2n) is 3.53. The molecule has 0 fully saturated rings. The summed E-state index contributed by atoms with van der Waals surface area (Å²) in [6.45, 7) is 3.59. The number of rotatable bonds is 1. The number of hydrogen-bond donors (Lipinski definition) is 1. The molecule has 2 aliphatic rings. The van der Waals surface area contributed by atoms with E-state index in [1.54, 1.807) is 18.7 Å². The van der Waals surface area contributed by atoms with Crippen molar-refractivity contribution >= 4 is 17.5 Å². The molecule has 0 spiro atoms. The third-order valence-electron chi connectivity index (χ3n) is 2.38. The van der Waals surface area contributed by atoms with Crippen LogP contribution in [0.5, 0.6) is 0 Å². The zero-order valence-electron chi connectivity index (χ0n) is 8.28. The summed E-state index contributed by atoms with van der Waals surface area (Å²) >= 11 is 1.66. The lowest BCUT2D eigenvalue weighted by atomic mass is 10.1. The molecule has 0 radical (unpaired) electrons. The van der Waals surface area contributed by atoms with Crippen molar-refractivity contribution in [2.75, 3.05) is 0 Å². The quantitative estimate of drug-likeness (QED) is 0.713. The Morgan fingerprint density at radius 2 is 2.14 bits per heavy atom. The van der Waals surface area contributed by atoms with Crippen LogP contribution in [0.1, 0.15) is 13.8 Å². The predicted molar refractivity (Wildman–Crippen MR) is 60.0 cm³/mol. The summed E-state index contributed by atoms with van der Waals surface area (Å²) in [5.74, 6) is 0.154. The van der Waals surface area contributed by atoms with Crippen molar-refractivity contribution < 1.29 is 4.79 Å². The van der Waals surface area contributed by atoms with Gasteiger partial charge in [0.1, 0.15) is 0 Å². The van der Waals surface area contributed by atoms with Crippen LogP contribution in [0.2, 0.25) is 0 Å². The van der Waals surface area contributed by atoms with Gasteiger partial charge in [-0.3, -0.25) is 4.79 Å². The van der Waals surface area contributed by atoms with Gasteiger partial charge in [-0.1, -0.05) is 24.3 Å². The highest BCUT2D eigenvalue weighted by Gasteiger charge is 2.27. The topological polar surface area (TPSA) is 29.1 Å². The van der Waals surface area contributed by atoms with Crippen molar-refractivity contribution in [3.8, 4) is 0 Å². The summed E-state index contributed by atoms with van der Waals surface area (Å²) < 4.78 is 0. The van der Waals surface area contributed by atoms with E-state index in [0.29, 0.717) is 11.3 Å². The number of carbonyl (C=O) groups excluding carboxylic acids is 1. The first kappa shape index (κ1) is 9.59. The molecule has 3 heteroatoms. The molecule has 0 aromatic rings. The molecule has 2 nitrogen and oxygen atoms in total. The van der Waals surface area contributed by atoms with E-state index in [1.165, 1.54) is 0 Å². The van der Waals surface area contributed by atoms with Crippen molar-refractivity contribution in [1.82, 2.24) is 5.32 Å². The van der Waals surface area contributed by atoms with Crippen LogP contribution in [0.3, 0.4) is 0 Å². The zero-order chi connectivity index (χ0) is 10.1. The molecular weight excluding hydrogens is 194 g/mol. The fraction of sp³-hybridized carbons (Fsp3) is 0.364. The van der Waals surface area contributed by atoms with Gasteiger partial charge in [0.2, 0.25) is 0 Å². The number of thioether (sulfide) groups is 1. The zero-order valence-corrected chi connectivity index (χ0v) is 9.10. The molecule has 2 rings (SSSR count). The van der Waals surface area contributed by atoms with Gasteiger partial charge in [0, 0.05) is 5.70 Å². The number of Topliss-reactive ketones (excluding diaryl/α,β-unsaturated/α-hetero) is 1. The van der Waals surface area contributed by atoms with E-state index in [9.17, 15) is 4.79 Å². The van der Waals surface area contributed by atoms with Crippen LogP contribution in [0.25, 0.3) is 0 Å². The van der Waals surface area contributed by atoms with Gasteiger partial charge in [-0.2, -0.15) is 0 Å². The van der Waals surface area contributed by atoms with Crippen LogP contribution < -0.4 is 5.32 Å². The van der Waals surface area contributed by atoms with E-state index in [2.05, 4.69) is 17.5 Å². The third kappa shape index (κ3) is 1.64. The summed E-state index contributed by atoms with van der Waals surface area (Å²) in [7, 11) is 0. The highest BCUT2D eigenvalue weighted by molar-refractivity contribution is 8.04. The fourth-order valence-electron chi connectivity index (χ4n) is 1.72. The highest BCUT2D eigenvalue weighted by atomic mass is 32.2. The molecule has 1 N–H and O–H groups in total. The van der Waals surface area contributed by atoms with Gasteiger partial charge < -0.3 is 5.32 Å². The molecule has 0 aromatic heterocycles. The number of hydrogen-bond acceptors (Lipinski definition) is 3. The van der Waals surface area contributed by atoms with Gasteiger partial charge in [-0.05, 0) is 13.8 Å². The van der Waals surface area contributed by atoms with Gasteiger partial charge in [0.25, 0.3) is 0 Å². The Bertz CT molecular complexity index is 354. The highest BCUT2D eigenvalue weighted by Crippen LogP contribution is 2.34. The van der Waals surface area contributed by atoms with Crippen LogP contribution in [0.15, 0.2) is 34.9 Å². The van der Waals surface area contributed by atoms with E-state index < -0.39 is 0 Å². The van der Waals surface area contributed by atoms with Crippen molar-refractivity contribution in [1.29, 1.82) is 0 Å². The normalized spacial score (nSPS) is 29.9. The summed E-state index contributed by atoms with van der Waals surface area (Å²) in [5.41, 5.74) is 1.00. The summed E-state index contributed by atoms with van der Waals surface area (Å²) in [4.78, 5) is 12.2. The number of fused-ring (bicyclic) bond motifs is 1. The molecule has 0 bridgehead atoms. The predicted octanol–water partition coefficient (Wildman–Crippen LogP) is 2.01. The number of allylic oxidation sites excluding steroid dienone is 4. The van der Waals surface area contributed by atoms with Gasteiger partial charge in [0.15, 0.2) is 5.78 Å². The minimum absolute atomic E-state index is 0.154. The monoisotopic (exact) mass is 207 g/mol. The van der Waals surface area contributed by atoms with E-state index in [4.69, 9.17) is 0 Å². The summed E-state index contributed by atoms with van der Waals surface area (Å²) in [6.07, 6.45) is 8.35. The van der Waals surface area contributed by atoms with Crippen LogP contribution >= 0.6 is 11.8 Å². The minimum atomic E-state index is 0.154. The molecule has 0 saturated carbocycles. The maximum absolute atomic E-state index is 11.3.